The van der Waals surface area contributed by atoms with Gasteiger partial charge in [0.2, 0.25) is 0 Å². The molecule has 1 heterocycles. The molecule has 0 amide bonds. The molecule has 2 atom stereocenters. The predicted molar refractivity (Wildman–Crippen MR) is 49.9 cm³/mol. The molecule has 1 N–H and O–H groups in total. The summed E-state index contributed by atoms with van der Waals surface area (Å²) in [6, 6.07) is 0.245. The second-order valence-corrected chi connectivity index (χ2v) is 6.15. The lowest BCUT2D eigenvalue weighted by Crippen LogP contribution is -2.52. The van der Waals surface area contributed by atoms with Gasteiger partial charge >= 0.3 is 0 Å². The van der Waals surface area contributed by atoms with Crippen LogP contribution in [0.5, 0.6) is 0 Å². The van der Waals surface area contributed by atoms with Crippen molar-refractivity contribution in [3.05, 3.63) is 0 Å². The van der Waals surface area contributed by atoms with E-state index in [1.54, 1.807) is 0 Å². The fourth-order valence-corrected chi connectivity index (χ4v) is 3.59. The highest BCUT2D eigenvalue weighted by molar-refractivity contribution is 7.91. The van der Waals surface area contributed by atoms with E-state index in [0.717, 1.165) is 0 Å². The van der Waals surface area contributed by atoms with Crippen molar-refractivity contribution < 1.29 is 8.42 Å². The quantitative estimate of drug-likeness (QED) is 0.653. The van der Waals surface area contributed by atoms with Gasteiger partial charge in [-0.3, -0.25) is 0 Å². The van der Waals surface area contributed by atoms with Crippen LogP contribution in [0.3, 0.4) is 0 Å². The SMILES string of the molecule is CC1CS(=O)(=O)CC(C(C)C)N1. The first-order valence-electron chi connectivity index (χ1n) is 4.37. The molecule has 0 aliphatic carbocycles. The maximum atomic E-state index is 11.3. The first-order chi connectivity index (χ1) is 5.41. The maximum absolute atomic E-state index is 11.3. The van der Waals surface area contributed by atoms with Gasteiger partial charge in [-0.15, -0.1) is 0 Å². The van der Waals surface area contributed by atoms with Gasteiger partial charge in [0.25, 0.3) is 0 Å². The molecule has 0 radical (unpaired) electrons. The highest BCUT2D eigenvalue weighted by Crippen LogP contribution is 2.12. The summed E-state index contributed by atoms with van der Waals surface area (Å²) in [4.78, 5) is 0. The molecule has 0 bridgehead atoms. The van der Waals surface area contributed by atoms with Crippen molar-refractivity contribution in [1.29, 1.82) is 0 Å². The molecule has 1 fully saturated rings. The molecule has 72 valence electrons. The third-order valence-corrected chi connectivity index (χ3v) is 4.12. The average molecular weight is 191 g/mol. The van der Waals surface area contributed by atoms with E-state index in [1.807, 2.05) is 20.8 Å². The van der Waals surface area contributed by atoms with Crippen LogP contribution in [0.15, 0.2) is 0 Å². The van der Waals surface area contributed by atoms with E-state index in [0.29, 0.717) is 11.7 Å². The number of hydrogen-bond acceptors (Lipinski definition) is 3. The van der Waals surface area contributed by atoms with Gasteiger partial charge in [-0.25, -0.2) is 8.42 Å². The molecule has 0 spiro atoms. The van der Waals surface area contributed by atoms with E-state index >= 15 is 0 Å². The van der Waals surface area contributed by atoms with Crippen molar-refractivity contribution in [2.75, 3.05) is 11.5 Å². The summed E-state index contributed by atoms with van der Waals surface area (Å²) >= 11 is 0. The van der Waals surface area contributed by atoms with Gasteiger partial charge in [-0.05, 0) is 12.8 Å². The second kappa shape index (κ2) is 3.34. The fraction of sp³-hybridized carbons (Fsp3) is 1.00. The first-order valence-corrected chi connectivity index (χ1v) is 6.19. The number of sulfone groups is 1. The molecule has 12 heavy (non-hydrogen) atoms. The molecule has 1 saturated heterocycles. The van der Waals surface area contributed by atoms with Crippen molar-refractivity contribution in [3.63, 3.8) is 0 Å². The lowest BCUT2D eigenvalue weighted by atomic mass is 10.1. The third kappa shape index (κ3) is 2.45. The molecule has 0 aromatic carbocycles. The molecule has 1 aliphatic rings. The summed E-state index contributed by atoms with van der Waals surface area (Å²) in [5, 5.41) is 3.29. The van der Waals surface area contributed by atoms with Crippen molar-refractivity contribution in [3.8, 4) is 0 Å². The normalized spacial score (nSPS) is 35.3. The Kier molecular flexibility index (Phi) is 2.78. The van der Waals surface area contributed by atoms with Crippen molar-refractivity contribution >= 4 is 9.84 Å². The molecule has 2 unspecified atom stereocenters. The van der Waals surface area contributed by atoms with Crippen LogP contribution in [0.4, 0.5) is 0 Å². The number of nitrogens with one attached hydrogen (secondary N) is 1. The molecular formula is C8H17NO2S. The Bertz CT molecular complexity index is 246. The Morgan fingerprint density at radius 3 is 2.33 bits per heavy atom. The Morgan fingerprint density at radius 2 is 1.92 bits per heavy atom. The van der Waals surface area contributed by atoms with E-state index < -0.39 is 9.84 Å². The number of hydrogen-bond donors (Lipinski definition) is 1. The molecule has 1 rings (SSSR count). The minimum Gasteiger partial charge on any atom is -0.309 e. The standard InChI is InChI=1S/C8H17NO2S/c1-6(2)8-5-12(10,11)4-7(3)9-8/h6-9H,4-5H2,1-3H3. The highest BCUT2D eigenvalue weighted by Gasteiger charge is 2.30. The van der Waals surface area contributed by atoms with E-state index in [9.17, 15) is 8.42 Å². The molecule has 1 aliphatic heterocycles. The highest BCUT2D eigenvalue weighted by atomic mass is 32.2. The van der Waals surface area contributed by atoms with Gasteiger partial charge < -0.3 is 5.32 Å². The fourth-order valence-electron chi connectivity index (χ4n) is 1.57. The van der Waals surface area contributed by atoms with Gasteiger partial charge in [0, 0.05) is 12.1 Å². The molecule has 0 saturated carbocycles. The predicted octanol–water partition coefficient (Wildman–Crippen LogP) is 0.418. The molecular weight excluding hydrogens is 174 g/mol. The van der Waals surface area contributed by atoms with Gasteiger partial charge in [0.15, 0.2) is 9.84 Å². The average Bonchev–Trinajstić information content (AvgIpc) is 1.82. The zero-order valence-corrected chi connectivity index (χ0v) is 8.69. The first kappa shape index (κ1) is 9.99. The zero-order valence-electron chi connectivity index (χ0n) is 7.87. The van der Waals surface area contributed by atoms with Gasteiger partial charge in [-0.2, -0.15) is 0 Å². The minimum absolute atomic E-state index is 0.108. The van der Waals surface area contributed by atoms with Gasteiger partial charge in [0.05, 0.1) is 11.5 Å². The lowest BCUT2D eigenvalue weighted by molar-refractivity contribution is 0.379. The van der Waals surface area contributed by atoms with Crippen molar-refractivity contribution in [1.82, 2.24) is 5.32 Å². The Morgan fingerprint density at radius 1 is 1.33 bits per heavy atom. The summed E-state index contributed by atoms with van der Waals surface area (Å²) in [6.07, 6.45) is 0. The van der Waals surface area contributed by atoms with Crippen LogP contribution in [0, 0.1) is 5.92 Å². The summed E-state index contributed by atoms with van der Waals surface area (Å²) < 4.78 is 22.7. The van der Waals surface area contributed by atoms with Crippen LogP contribution < -0.4 is 5.32 Å². The largest absolute Gasteiger partial charge is 0.309 e. The van der Waals surface area contributed by atoms with Crippen LogP contribution in [0.2, 0.25) is 0 Å². The summed E-state index contributed by atoms with van der Waals surface area (Å²) in [6.45, 7) is 6.02. The van der Waals surface area contributed by atoms with Crippen LogP contribution >= 0.6 is 0 Å². The molecule has 4 heteroatoms. The molecule has 0 aromatic heterocycles. The summed E-state index contributed by atoms with van der Waals surface area (Å²) in [5.74, 6) is 0.980. The zero-order chi connectivity index (χ0) is 9.35. The van der Waals surface area contributed by atoms with Crippen LogP contribution in [0.25, 0.3) is 0 Å². The number of rotatable bonds is 1. The van der Waals surface area contributed by atoms with E-state index in [2.05, 4.69) is 5.32 Å². The maximum Gasteiger partial charge on any atom is 0.153 e. The van der Waals surface area contributed by atoms with E-state index in [-0.39, 0.29) is 17.8 Å². The van der Waals surface area contributed by atoms with Crippen LogP contribution in [-0.4, -0.2) is 32.0 Å². The smallest absolute Gasteiger partial charge is 0.153 e. The molecule has 0 aromatic rings. The molecule has 3 nitrogen and oxygen atoms in total. The third-order valence-electron chi connectivity index (χ3n) is 2.24. The second-order valence-electron chi connectivity index (χ2n) is 4.00. The van der Waals surface area contributed by atoms with Crippen molar-refractivity contribution in [2.45, 2.75) is 32.9 Å². The Balaban J connectivity index is 2.71. The van der Waals surface area contributed by atoms with E-state index in [1.165, 1.54) is 0 Å². The topological polar surface area (TPSA) is 46.2 Å². The Hall–Kier alpha value is -0.0900. The monoisotopic (exact) mass is 191 g/mol. The van der Waals surface area contributed by atoms with Crippen molar-refractivity contribution in [2.24, 2.45) is 5.92 Å². The van der Waals surface area contributed by atoms with Crippen LogP contribution in [0.1, 0.15) is 20.8 Å². The lowest BCUT2D eigenvalue weighted by Gasteiger charge is -2.31. The van der Waals surface area contributed by atoms with E-state index in [4.69, 9.17) is 0 Å². The van der Waals surface area contributed by atoms with Gasteiger partial charge in [-0.1, -0.05) is 13.8 Å². The Labute approximate surface area is 74.5 Å². The van der Waals surface area contributed by atoms with Gasteiger partial charge in [0.1, 0.15) is 0 Å². The summed E-state index contributed by atoms with van der Waals surface area (Å²) in [5.41, 5.74) is 0. The van der Waals surface area contributed by atoms with Crippen LogP contribution in [-0.2, 0) is 9.84 Å². The minimum atomic E-state index is -2.79. The summed E-state index contributed by atoms with van der Waals surface area (Å²) in [7, 11) is -2.79.